The molecule has 3 aromatic carbocycles. The smallest absolute Gasteiger partial charge is 0.187 e. The predicted octanol–water partition coefficient (Wildman–Crippen LogP) is 5.25. The van der Waals surface area contributed by atoms with Gasteiger partial charge in [0.1, 0.15) is 28.8 Å². The van der Waals surface area contributed by atoms with Crippen LogP contribution in [0.3, 0.4) is 0 Å². The van der Waals surface area contributed by atoms with E-state index in [1.165, 1.54) is 71.1 Å². The molecule has 0 saturated carbocycles. The summed E-state index contributed by atoms with van der Waals surface area (Å²) >= 11 is 0. The van der Waals surface area contributed by atoms with Gasteiger partial charge in [0.25, 0.3) is 0 Å². The Hall–Kier alpha value is -4.31. The summed E-state index contributed by atoms with van der Waals surface area (Å²) in [5, 5.41) is 4.04. The molecule has 38 heavy (non-hydrogen) atoms. The molecule has 10 heteroatoms. The highest BCUT2D eigenvalue weighted by Gasteiger charge is 2.15. The van der Waals surface area contributed by atoms with Crippen LogP contribution < -0.4 is 24.3 Å². The summed E-state index contributed by atoms with van der Waals surface area (Å²) in [6.07, 6.45) is 4.11. The first-order chi connectivity index (χ1) is 18.2. The largest absolute Gasteiger partial charge is 0.496 e. The first-order valence-corrected chi connectivity index (χ1v) is 13.0. The molecule has 1 N–H and O–H groups in total. The zero-order chi connectivity index (χ0) is 27.7. The van der Waals surface area contributed by atoms with Gasteiger partial charge in [-0.25, -0.2) is 12.8 Å². The highest BCUT2D eigenvalue weighted by Crippen LogP contribution is 2.35. The van der Waals surface area contributed by atoms with E-state index < -0.39 is 15.7 Å². The first kappa shape index (κ1) is 28.3. The van der Waals surface area contributed by atoms with Crippen molar-refractivity contribution in [2.75, 3.05) is 33.8 Å². The molecule has 0 unspecified atom stereocenters. The van der Waals surface area contributed by atoms with Gasteiger partial charge < -0.3 is 24.3 Å². The predicted molar refractivity (Wildman–Crippen MR) is 144 cm³/mol. The minimum atomic E-state index is -3.70. The SMILES string of the molecule is COc1cc(OC)c(C=CS(=O)(=O)Cc2ccc(OC)c(NC=CC(=O)c3ccc(F)cc3)c2)c(OC)c1. The average Bonchev–Trinajstić information content (AvgIpc) is 2.91. The highest BCUT2D eigenvalue weighted by atomic mass is 32.2. The lowest BCUT2D eigenvalue weighted by molar-refractivity contribution is 0.104. The summed E-state index contributed by atoms with van der Waals surface area (Å²) in [7, 11) is 2.21. The molecular formula is C28H28FNO7S. The van der Waals surface area contributed by atoms with E-state index in [-0.39, 0.29) is 11.5 Å². The molecule has 0 aliphatic rings. The van der Waals surface area contributed by atoms with Gasteiger partial charge in [0, 0.05) is 35.4 Å². The van der Waals surface area contributed by atoms with Gasteiger partial charge in [0.2, 0.25) is 0 Å². The summed E-state index contributed by atoms with van der Waals surface area (Å²) in [6, 6.07) is 13.3. The van der Waals surface area contributed by atoms with E-state index in [4.69, 9.17) is 18.9 Å². The van der Waals surface area contributed by atoms with E-state index >= 15 is 0 Å². The van der Waals surface area contributed by atoms with Crippen molar-refractivity contribution in [1.82, 2.24) is 0 Å². The Morgan fingerprint density at radius 2 is 1.50 bits per heavy atom. The second-order valence-electron chi connectivity index (χ2n) is 7.94. The Morgan fingerprint density at radius 3 is 2.08 bits per heavy atom. The van der Waals surface area contributed by atoms with Crippen molar-refractivity contribution in [1.29, 1.82) is 0 Å². The van der Waals surface area contributed by atoms with Crippen LogP contribution in [-0.4, -0.2) is 42.6 Å². The molecule has 0 aliphatic heterocycles. The first-order valence-electron chi connectivity index (χ1n) is 11.3. The van der Waals surface area contributed by atoms with Gasteiger partial charge in [0.05, 0.1) is 45.4 Å². The van der Waals surface area contributed by atoms with Crippen LogP contribution in [-0.2, 0) is 15.6 Å². The molecule has 8 nitrogen and oxygen atoms in total. The van der Waals surface area contributed by atoms with Crippen LogP contribution in [0.1, 0.15) is 21.5 Å². The summed E-state index contributed by atoms with van der Waals surface area (Å²) < 4.78 is 60.2. The van der Waals surface area contributed by atoms with Crippen molar-refractivity contribution in [2.24, 2.45) is 0 Å². The van der Waals surface area contributed by atoms with E-state index in [2.05, 4.69) is 5.32 Å². The van der Waals surface area contributed by atoms with E-state index in [0.29, 0.717) is 45.4 Å². The Balaban J connectivity index is 1.78. The lowest BCUT2D eigenvalue weighted by atomic mass is 10.1. The molecule has 0 saturated heterocycles. The maximum Gasteiger partial charge on any atom is 0.187 e. The molecule has 0 heterocycles. The van der Waals surface area contributed by atoms with Gasteiger partial charge in [-0.15, -0.1) is 0 Å². The third-order valence-corrected chi connectivity index (χ3v) is 6.72. The maximum absolute atomic E-state index is 13.1. The third kappa shape index (κ3) is 7.36. The molecule has 3 rings (SSSR count). The summed E-state index contributed by atoms with van der Waals surface area (Å²) in [6.45, 7) is 0. The number of ether oxygens (including phenoxy) is 4. The molecule has 0 aliphatic carbocycles. The fraction of sp³-hybridized carbons (Fsp3) is 0.179. The molecule has 200 valence electrons. The third-order valence-electron chi connectivity index (χ3n) is 5.43. The number of halogens is 1. The van der Waals surface area contributed by atoms with Crippen LogP contribution in [0.15, 0.2) is 72.3 Å². The zero-order valence-corrected chi connectivity index (χ0v) is 22.2. The zero-order valence-electron chi connectivity index (χ0n) is 21.4. The normalized spacial score (nSPS) is 11.5. The van der Waals surface area contributed by atoms with Crippen LogP contribution in [0, 0.1) is 5.82 Å². The summed E-state index contributed by atoms with van der Waals surface area (Å²) in [4.78, 5) is 12.3. The quantitative estimate of drug-likeness (QED) is 0.245. The standard InChI is InChI=1S/C28H28FNO7S/c1-34-22-16-27(36-3)23(28(17-22)37-4)12-14-38(32,33)18-19-5-10-26(35-2)24(15-19)30-13-11-25(31)20-6-8-21(29)9-7-20/h5-17,30H,18H2,1-4H3. The number of carbonyl (C=O) groups excluding carboxylic acids is 1. The monoisotopic (exact) mass is 541 g/mol. The molecule has 0 radical (unpaired) electrons. The Bertz CT molecular complexity index is 1420. The van der Waals surface area contributed by atoms with Gasteiger partial charge in [-0.1, -0.05) is 6.07 Å². The fourth-order valence-electron chi connectivity index (χ4n) is 3.52. The minimum Gasteiger partial charge on any atom is -0.496 e. The van der Waals surface area contributed by atoms with Gasteiger partial charge in [0.15, 0.2) is 15.6 Å². The Kier molecular flexibility index (Phi) is 9.50. The number of anilines is 1. The number of hydrogen-bond donors (Lipinski definition) is 1. The molecular weight excluding hydrogens is 513 g/mol. The number of rotatable bonds is 12. The number of methoxy groups -OCH3 is 4. The molecule has 0 bridgehead atoms. The number of hydrogen-bond acceptors (Lipinski definition) is 8. The molecule has 0 aromatic heterocycles. The second-order valence-corrected chi connectivity index (χ2v) is 9.83. The van der Waals surface area contributed by atoms with Crippen molar-refractivity contribution in [3.63, 3.8) is 0 Å². The van der Waals surface area contributed by atoms with E-state index in [0.717, 1.165) is 5.41 Å². The Labute approximate surface area is 221 Å². The van der Waals surface area contributed by atoms with Crippen molar-refractivity contribution in [2.45, 2.75) is 5.75 Å². The van der Waals surface area contributed by atoms with E-state index in [1.807, 2.05) is 0 Å². The molecule has 3 aromatic rings. The topological polar surface area (TPSA) is 100 Å². The van der Waals surface area contributed by atoms with Crippen LogP contribution in [0.4, 0.5) is 10.1 Å². The van der Waals surface area contributed by atoms with Crippen LogP contribution in [0.5, 0.6) is 23.0 Å². The van der Waals surface area contributed by atoms with Gasteiger partial charge >= 0.3 is 0 Å². The van der Waals surface area contributed by atoms with Gasteiger partial charge in [-0.3, -0.25) is 4.79 Å². The lowest BCUT2D eigenvalue weighted by Gasteiger charge is -2.12. The second kappa shape index (κ2) is 12.8. The van der Waals surface area contributed by atoms with E-state index in [1.54, 1.807) is 30.3 Å². The number of nitrogens with one attached hydrogen (secondary N) is 1. The summed E-state index contributed by atoms with van der Waals surface area (Å²) in [5.74, 6) is 0.693. The van der Waals surface area contributed by atoms with Crippen molar-refractivity contribution in [3.05, 3.63) is 94.8 Å². The van der Waals surface area contributed by atoms with Crippen molar-refractivity contribution < 1.29 is 36.6 Å². The summed E-state index contributed by atoms with van der Waals surface area (Å²) in [5.41, 5.74) is 1.73. The van der Waals surface area contributed by atoms with Crippen molar-refractivity contribution in [3.8, 4) is 23.0 Å². The van der Waals surface area contributed by atoms with Crippen LogP contribution in [0.2, 0.25) is 0 Å². The molecule has 0 amide bonds. The lowest BCUT2D eigenvalue weighted by Crippen LogP contribution is -2.02. The number of carbonyl (C=O) groups is 1. The van der Waals surface area contributed by atoms with Gasteiger partial charge in [-0.05, 0) is 48.0 Å². The molecule has 0 atom stereocenters. The number of ketones is 1. The fourth-order valence-corrected chi connectivity index (χ4v) is 4.61. The molecule has 0 fully saturated rings. The van der Waals surface area contributed by atoms with E-state index in [9.17, 15) is 17.6 Å². The number of allylic oxidation sites excluding steroid dienone is 1. The van der Waals surface area contributed by atoms with Gasteiger partial charge in [-0.2, -0.15) is 0 Å². The number of sulfone groups is 1. The molecule has 0 spiro atoms. The van der Waals surface area contributed by atoms with Crippen LogP contribution in [0.25, 0.3) is 6.08 Å². The van der Waals surface area contributed by atoms with Crippen LogP contribution >= 0.6 is 0 Å². The minimum absolute atomic E-state index is 0.290. The van der Waals surface area contributed by atoms with Crippen molar-refractivity contribution >= 4 is 27.4 Å². The maximum atomic E-state index is 13.1. The Morgan fingerprint density at radius 1 is 0.868 bits per heavy atom. The average molecular weight is 542 g/mol. The highest BCUT2D eigenvalue weighted by molar-refractivity contribution is 7.93. The number of benzene rings is 3.